The first kappa shape index (κ1) is 24.2. The van der Waals surface area contributed by atoms with E-state index in [0.29, 0.717) is 5.95 Å². The molecule has 0 unspecified atom stereocenters. The van der Waals surface area contributed by atoms with Crippen LogP contribution in [0.1, 0.15) is 6.92 Å². The molecule has 5 rings (SSSR count). The Labute approximate surface area is 210 Å². The molecule has 0 aliphatic carbocycles. The minimum Gasteiger partial charge on any atom is -0.392 e. The Balaban J connectivity index is 1.29. The molecule has 0 bridgehead atoms. The molecule has 3 heterocycles. The van der Waals surface area contributed by atoms with Crippen LogP contribution in [-0.4, -0.2) is 78.1 Å². The van der Waals surface area contributed by atoms with Crippen LogP contribution in [-0.2, 0) is 9.84 Å². The number of benzene rings is 2. The third-order valence-corrected chi connectivity index (χ3v) is 7.49. The molecule has 1 aliphatic heterocycles. The molecule has 1 saturated heterocycles. The van der Waals surface area contributed by atoms with Crippen molar-refractivity contribution in [3.8, 4) is 11.3 Å². The molecule has 0 saturated carbocycles. The van der Waals surface area contributed by atoms with Crippen molar-refractivity contribution in [2.45, 2.75) is 17.9 Å². The van der Waals surface area contributed by atoms with Gasteiger partial charge in [0.05, 0.1) is 28.4 Å². The fourth-order valence-corrected chi connectivity index (χ4v) is 5.13. The number of fused-ring (bicyclic) bond motifs is 1. The van der Waals surface area contributed by atoms with Crippen LogP contribution in [0, 0.1) is 0 Å². The first-order valence-electron chi connectivity index (χ1n) is 11.9. The minimum absolute atomic E-state index is 0.286. The molecule has 2 aromatic heterocycles. The van der Waals surface area contributed by atoms with E-state index in [1.165, 1.54) is 11.9 Å². The zero-order chi connectivity index (χ0) is 25.3. The molecule has 0 radical (unpaired) electrons. The van der Waals surface area contributed by atoms with E-state index in [1.807, 2.05) is 31.2 Å². The summed E-state index contributed by atoms with van der Waals surface area (Å²) >= 11 is 0. The molecule has 188 valence electrons. The number of aliphatic hydroxyl groups excluding tert-OH is 1. The van der Waals surface area contributed by atoms with Gasteiger partial charge in [-0.15, -0.1) is 5.10 Å². The molecule has 10 heteroatoms. The predicted octanol–water partition coefficient (Wildman–Crippen LogP) is 3.05. The number of hydrogen-bond acceptors (Lipinski definition) is 8. The number of sulfone groups is 1. The van der Waals surface area contributed by atoms with Crippen LogP contribution in [0.25, 0.3) is 16.8 Å². The van der Waals surface area contributed by atoms with Crippen LogP contribution in [0.4, 0.5) is 17.3 Å². The van der Waals surface area contributed by atoms with Crippen LogP contribution in [0.15, 0.2) is 71.8 Å². The van der Waals surface area contributed by atoms with Gasteiger partial charge in [-0.2, -0.15) is 0 Å². The lowest BCUT2D eigenvalue weighted by Crippen LogP contribution is -2.48. The van der Waals surface area contributed by atoms with E-state index in [2.05, 4.69) is 37.3 Å². The lowest BCUT2D eigenvalue weighted by molar-refractivity contribution is 0.123. The maximum Gasteiger partial charge on any atom is 0.245 e. The summed E-state index contributed by atoms with van der Waals surface area (Å²) in [5.74, 6) is 0.465. The largest absolute Gasteiger partial charge is 0.392 e. The second-order valence-electron chi connectivity index (χ2n) is 9.24. The van der Waals surface area contributed by atoms with Crippen molar-refractivity contribution in [2.24, 2.45) is 0 Å². The first-order valence-corrected chi connectivity index (χ1v) is 13.8. The predicted molar refractivity (Wildman–Crippen MR) is 142 cm³/mol. The maximum absolute atomic E-state index is 11.8. The number of aromatic nitrogens is 3. The van der Waals surface area contributed by atoms with Gasteiger partial charge in [-0.25, -0.2) is 17.9 Å². The van der Waals surface area contributed by atoms with Crippen molar-refractivity contribution < 1.29 is 13.5 Å². The molecule has 1 atom stereocenters. The fourth-order valence-electron chi connectivity index (χ4n) is 4.50. The number of β-amino-alcohol motifs (C(OH)–C–C–N with tert-alkyl or cyclic N) is 1. The lowest BCUT2D eigenvalue weighted by Gasteiger charge is -2.36. The summed E-state index contributed by atoms with van der Waals surface area (Å²) in [5.41, 5.74) is 4.61. The minimum atomic E-state index is -3.25. The highest BCUT2D eigenvalue weighted by molar-refractivity contribution is 7.90. The Hall–Kier alpha value is -3.47. The van der Waals surface area contributed by atoms with E-state index in [0.717, 1.165) is 55.2 Å². The average molecular weight is 507 g/mol. The number of aliphatic hydroxyl groups is 1. The molecule has 1 aliphatic rings. The molecule has 2 N–H and O–H groups in total. The highest BCUT2D eigenvalue weighted by Gasteiger charge is 2.18. The van der Waals surface area contributed by atoms with Gasteiger partial charge >= 0.3 is 0 Å². The Kier molecular flexibility index (Phi) is 6.65. The number of hydrogen-bond donors (Lipinski definition) is 2. The van der Waals surface area contributed by atoms with Crippen molar-refractivity contribution in [1.82, 2.24) is 19.5 Å². The zero-order valence-electron chi connectivity index (χ0n) is 20.4. The van der Waals surface area contributed by atoms with Gasteiger partial charge in [0.1, 0.15) is 0 Å². The highest BCUT2D eigenvalue weighted by Crippen LogP contribution is 2.25. The Morgan fingerprint density at radius 3 is 2.31 bits per heavy atom. The summed E-state index contributed by atoms with van der Waals surface area (Å²) in [6.07, 6.45) is 2.66. The van der Waals surface area contributed by atoms with Crippen LogP contribution < -0.4 is 10.2 Å². The number of nitrogens with one attached hydrogen (secondary N) is 1. The van der Waals surface area contributed by atoms with E-state index in [-0.39, 0.29) is 11.0 Å². The second kappa shape index (κ2) is 9.88. The first-order chi connectivity index (χ1) is 17.3. The third kappa shape index (κ3) is 5.35. The van der Waals surface area contributed by atoms with E-state index in [9.17, 15) is 13.5 Å². The Morgan fingerprint density at radius 1 is 0.972 bits per heavy atom. The lowest BCUT2D eigenvalue weighted by atomic mass is 10.2. The Morgan fingerprint density at radius 2 is 1.67 bits per heavy atom. The molecule has 36 heavy (non-hydrogen) atoms. The molecule has 9 nitrogen and oxygen atoms in total. The summed E-state index contributed by atoms with van der Waals surface area (Å²) in [6.45, 7) is 6.29. The molecule has 2 aromatic carbocycles. The van der Waals surface area contributed by atoms with Crippen molar-refractivity contribution in [1.29, 1.82) is 0 Å². The molecule has 4 aromatic rings. The van der Waals surface area contributed by atoms with Crippen molar-refractivity contribution in [2.75, 3.05) is 49.2 Å². The standard InChI is InChI=1S/C26H30N6O3S/c1-19(33)18-30-13-15-31(16-14-30)22-7-5-21(6-8-22)28-26-27-17-23-9-12-25(32(23)29-26)20-3-10-24(11-4-20)36(2,34)35/h3-12,17,19,33H,13-16,18H2,1-2H3,(H,28,29)/t19-/m1/s1. The Bertz CT molecular complexity index is 1440. The van der Waals surface area contributed by atoms with Crippen LogP contribution in [0.2, 0.25) is 0 Å². The van der Waals surface area contributed by atoms with Gasteiger partial charge in [-0.05, 0) is 55.5 Å². The van der Waals surface area contributed by atoms with Gasteiger partial charge in [0.15, 0.2) is 9.84 Å². The molecule has 0 amide bonds. The zero-order valence-corrected chi connectivity index (χ0v) is 21.2. The topological polar surface area (TPSA) is 103 Å². The van der Waals surface area contributed by atoms with Gasteiger partial charge < -0.3 is 15.3 Å². The van der Waals surface area contributed by atoms with E-state index in [4.69, 9.17) is 0 Å². The van der Waals surface area contributed by atoms with Crippen molar-refractivity contribution in [3.05, 3.63) is 66.9 Å². The third-order valence-electron chi connectivity index (χ3n) is 6.36. The summed E-state index contributed by atoms with van der Waals surface area (Å²) in [7, 11) is -3.25. The highest BCUT2D eigenvalue weighted by atomic mass is 32.2. The normalized spacial score (nSPS) is 15.8. The van der Waals surface area contributed by atoms with Gasteiger partial charge in [-0.3, -0.25) is 4.90 Å². The molecule has 0 spiro atoms. The molecule has 1 fully saturated rings. The monoisotopic (exact) mass is 506 g/mol. The molecular weight excluding hydrogens is 476 g/mol. The van der Waals surface area contributed by atoms with Crippen LogP contribution >= 0.6 is 0 Å². The smallest absolute Gasteiger partial charge is 0.245 e. The van der Waals surface area contributed by atoms with Gasteiger partial charge in [0.2, 0.25) is 5.95 Å². The maximum atomic E-state index is 11.8. The summed E-state index contributed by atoms with van der Waals surface area (Å²) in [6, 6.07) is 18.9. The van der Waals surface area contributed by atoms with Crippen molar-refractivity contribution in [3.63, 3.8) is 0 Å². The van der Waals surface area contributed by atoms with Gasteiger partial charge in [0.25, 0.3) is 0 Å². The summed E-state index contributed by atoms with van der Waals surface area (Å²) in [4.78, 5) is 9.37. The fraction of sp³-hybridized carbons (Fsp3) is 0.308. The van der Waals surface area contributed by atoms with E-state index < -0.39 is 9.84 Å². The summed E-state index contributed by atoms with van der Waals surface area (Å²) < 4.78 is 25.3. The average Bonchev–Trinajstić information content (AvgIpc) is 3.28. The number of rotatable bonds is 7. The number of anilines is 3. The number of piperazine rings is 1. The quantitative estimate of drug-likeness (QED) is 0.394. The number of nitrogens with zero attached hydrogens (tertiary/aromatic N) is 5. The summed E-state index contributed by atoms with van der Waals surface area (Å²) in [5, 5.41) is 17.5. The second-order valence-corrected chi connectivity index (χ2v) is 11.3. The van der Waals surface area contributed by atoms with Gasteiger partial charge in [-0.1, -0.05) is 12.1 Å². The van der Waals surface area contributed by atoms with Crippen LogP contribution in [0.5, 0.6) is 0 Å². The van der Waals surface area contributed by atoms with Crippen molar-refractivity contribution >= 4 is 32.7 Å². The van der Waals surface area contributed by atoms with E-state index in [1.54, 1.807) is 35.0 Å². The van der Waals surface area contributed by atoms with Gasteiger partial charge in [0, 0.05) is 55.9 Å². The SMILES string of the molecule is C[C@@H](O)CN1CCN(c2ccc(Nc3ncc4ccc(-c5ccc(S(C)(=O)=O)cc5)n4n3)cc2)CC1. The van der Waals surface area contributed by atoms with Crippen LogP contribution in [0.3, 0.4) is 0 Å². The molecular formula is C26H30N6O3S. The van der Waals surface area contributed by atoms with E-state index >= 15 is 0 Å².